The first-order chi connectivity index (χ1) is 12.7. The predicted octanol–water partition coefficient (Wildman–Crippen LogP) is 4.84. The van der Waals surface area contributed by atoms with Crippen molar-refractivity contribution < 1.29 is 18.7 Å². The fraction of sp³-hybridized carbons (Fsp3) is 0.150. The minimum Gasteiger partial charge on any atom is -0.497 e. The Labute approximate surface area is 156 Å². The maximum Gasteiger partial charge on any atom is 0.291 e. The summed E-state index contributed by atoms with van der Waals surface area (Å²) in [7, 11) is 3.12. The van der Waals surface area contributed by atoms with E-state index in [1.165, 1.54) is 6.26 Å². The second kappa shape index (κ2) is 8.49. The van der Waals surface area contributed by atoms with Crippen molar-refractivity contribution in [3.05, 3.63) is 72.2 Å². The van der Waals surface area contributed by atoms with Crippen molar-refractivity contribution in [2.24, 2.45) is 0 Å². The Bertz CT molecular complexity index is 877. The molecule has 0 bridgehead atoms. The van der Waals surface area contributed by atoms with Crippen LogP contribution < -0.4 is 14.8 Å². The summed E-state index contributed by atoms with van der Waals surface area (Å²) in [5.41, 5.74) is 1.39. The van der Waals surface area contributed by atoms with Gasteiger partial charge in [0.05, 0.1) is 26.2 Å². The number of thioether (sulfide) groups is 1. The minimum atomic E-state index is -0.317. The smallest absolute Gasteiger partial charge is 0.291 e. The van der Waals surface area contributed by atoms with Crippen LogP contribution in [0.3, 0.4) is 0 Å². The highest BCUT2D eigenvalue weighted by Gasteiger charge is 2.17. The van der Waals surface area contributed by atoms with Crippen molar-refractivity contribution >= 4 is 23.4 Å². The van der Waals surface area contributed by atoms with Gasteiger partial charge in [-0.25, -0.2) is 0 Å². The van der Waals surface area contributed by atoms with Gasteiger partial charge in [0.2, 0.25) is 0 Å². The second-order valence-electron chi connectivity index (χ2n) is 5.40. The summed E-state index contributed by atoms with van der Waals surface area (Å²) in [5, 5.41) is 2.83. The van der Waals surface area contributed by atoms with Gasteiger partial charge in [0.15, 0.2) is 5.76 Å². The van der Waals surface area contributed by atoms with Crippen molar-refractivity contribution in [3.63, 3.8) is 0 Å². The number of ether oxygens (including phenoxy) is 2. The van der Waals surface area contributed by atoms with Crippen LogP contribution in [0.4, 0.5) is 5.69 Å². The Morgan fingerprint density at radius 1 is 1.08 bits per heavy atom. The normalized spacial score (nSPS) is 10.4. The number of benzene rings is 2. The number of rotatable bonds is 7. The summed E-state index contributed by atoms with van der Waals surface area (Å²) in [5.74, 6) is 1.79. The molecule has 0 fully saturated rings. The molecule has 1 N–H and O–H groups in total. The highest BCUT2D eigenvalue weighted by Crippen LogP contribution is 2.30. The Kier molecular flexibility index (Phi) is 5.86. The fourth-order valence-electron chi connectivity index (χ4n) is 2.41. The first-order valence-corrected chi connectivity index (χ1v) is 8.97. The van der Waals surface area contributed by atoms with E-state index in [2.05, 4.69) is 5.32 Å². The molecule has 1 amide bonds. The van der Waals surface area contributed by atoms with Gasteiger partial charge in [0.1, 0.15) is 11.5 Å². The molecule has 3 aromatic rings. The van der Waals surface area contributed by atoms with E-state index in [0.29, 0.717) is 28.7 Å². The quantitative estimate of drug-likeness (QED) is 0.604. The van der Waals surface area contributed by atoms with E-state index in [1.54, 1.807) is 44.2 Å². The van der Waals surface area contributed by atoms with E-state index in [1.807, 2.05) is 36.4 Å². The molecule has 0 unspecified atom stereocenters. The number of amides is 1. The average molecular weight is 369 g/mol. The number of anilines is 1. The lowest BCUT2D eigenvalue weighted by molar-refractivity contribution is 0.0995. The lowest BCUT2D eigenvalue weighted by Crippen LogP contribution is -2.13. The SMILES string of the molecule is COc1ccc(NC(=O)c2occc2CSc2ccccc2)c(OC)c1. The summed E-state index contributed by atoms with van der Waals surface area (Å²) in [6.07, 6.45) is 1.53. The number of furan rings is 1. The van der Waals surface area contributed by atoms with Gasteiger partial charge < -0.3 is 19.2 Å². The standard InChI is InChI=1S/C20H19NO4S/c1-23-15-8-9-17(18(12-15)24-2)21-20(22)19-14(10-11-25-19)13-26-16-6-4-3-5-7-16/h3-12H,13H2,1-2H3,(H,21,22). The maximum atomic E-state index is 12.6. The third-order valence-electron chi connectivity index (χ3n) is 3.75. The van der Waals surface area contributed by atoms with Gasteiger partial charge in [-0.3, -0.25) is 4.79 Å². The summed E-state index contributed by atoms with van der Waals surface area (Å²) in [6, 6.07) is 17.0. The van der Waals surface area contributed by atoms with E-state index in [0.717, 1.165) is 10.5 Å². The monoisotopic (exact) mass is 369 g/mol. The molecule has 0 aliphatic heterocycles. The molecule has 1 heterocycles. The van der Waals surface area contributed by atoms with Gasteiger partial charge in [-0.05, 0) is 30.3 Å². The fourth-order valence-corrected chi connectivity index (χ4v) is 3.31. The molecule has 1 aromatic heterocycles. The molecule has 26 heavy (non-hydrogen) atoms. The molecule has 2 aromatic carbocycles. The van der Waals surface area contributed by atoms with Gasteiger partial charge >= 0.3 is 0 Å². The summed E-state index contributed by atoms with van der Waals surface area (Å²) in [6.45, 7) is 0. The Morgan fingerprint density at radius 3 is 2.62 bits per heavy atom. The maximum absolute atomic E-state index is 12.6. The number of nitrogens with one attached hydrogen (secondary N) is 1. The van der Waals surface area contributed by atoms with Gasteiger partial charge in [0.25, 0.3) is 5.91 Å². The van der Waals surface area contributed by atoms with E-state index < -0.39 is 0 Å². The van der Waals surface area contributed by atoms with Crippen molar-refractivity contribution in [2.45, 2.75) is 10.6 Å². The number of hydrogen-bond acceptors (Lipinski definition) is 5. The Balaban J connectivity index is 1.72. The molecular weight excluding hydrogens is 350 g/mol. The van der Waals surface area contributed by atoms with Crippen molar-refractivity contribution in [2.75, 3.05) is 19.5 Å². The van der Waals surface area contributed by atoms with Crippen LogP contribution in [0.2, 0.25) is 0 Å². The van der Waals surface area contributed by atoms with Crippen LogP contribution in [0.1, 0.15) is 16.1 Å². The average Bonchev–Trinajstić information content (AvgIpc) is 3.16. The third-order valence-corrected chi connectivity index (χ3v) is 4.81. The van der Waals surface area contributed by atoms with Crippen LogP contribution in [-0.2, 0) is 5.75 Å². The number of carbonyl (C=O) groups excluding carboxylic acids is 1. The zero-order valence-electron chi connectivity index (χ0n) is 14.5. The highest BCUT2D eigenvalue weighted by atomic mass is 32.2. The molecule has 0 atom stereocenters. The molecular formula is C20H19NO4S. The number of carbonyl (C=O) groups is 1. The highest BCUT2D eigenvalue weighted by molar-refractivity contribution is 7.98. The third kappa shape index (κ3) is 4.21. The van der Waals surface area contributed by atoms with E-state index in [4.69, 9.17) is 13.9 Å². The topological polar surface area (TPSA) is 60.7 Å². The molecule has 0 saturated heterocycles. The molecule has 0 saturated carbocycles. The minimum absolute atomic E-state index is 0.298. The van der Waals surface area contributed by atoms with Crippen LogP contribution >= 0.6 is 11.8 Å². The van der Waals surface area contributed by atoms with Gasteiger partial charge in [-0.2, -0.15) is 0 Å². The molecule has 0 aliphatic rings. The summed E-state index contributed by atoms with van der Waals surface area (Å²) < 4.78 is 15.9. The van der Waals surface area contributed by atoms with Gasteiger partial charge in [-0.15, -0.1) is 11.8 Å². The first kappa shape index (κ1) is 17.9. The van der Waals surface area contributed by atoms with Crippen LogP contribution in [0.25, 0.3) is 0 Å². The number of methoxy groups -OCH3 is 2. The Hall–Kier alpha value is -2.86. The van der Waals surface area contributed by atoms with Gasteiger partial charge in [-0.1, -0.05) is 18.2 Å². The van der Waals surface area contributed by atoms with Crippen LogP contribution in [0, 0.1) is 0 Å². The molecule has 0 radical (unpaired) electrons. The lowest BCUT2D eigenvalue weighted by atomic mass is 10.2. The van der Waals surface area contributed by atoms with Crippen LogP contribution in [0.5, 0.6) is 11.5 Å². The largest absolute Gasteiger partial charge is 0.497 e. The molecule has 3 rings (SSSR count). The zero-order chi connectivity index (χ0) is 18.4. The Morgan fingerprint density at radius 2 is 1.88 bits per heavy atom. The molecule has 5 nitrogen and oxygen atoms in total. The van der Waals surface area contributed by atoms with Crippen molar-refractivity contribution in [3.8, 4) is 11.5 Å². The lowest BCUT2D eigenvalue weighted by Gasteiger charge is -2.11. The zero-order valence-corrected chi connectivity index (χ0v) is 15.3. The summed E-state index contributed by atoms with van der Waals surface area (Å²) >= 11 is 1.65. The first-order valence-electron chi connectivity index (χ1n) is 7.99. The predicted molar refractivity (Wildman–Crippen MR) is 102 cm³/mol. The molecule has 6 heteroatoms. The molecule has 0 aliphatic carbocycles. The number of hydrogen-bond donors (Lipinski definition) is 1. The van der Waals surface area contributed by atoms with Gasteiger partial charge in [0, 0.05) is 22.3 Å². The van der Waals surface area contributed by atoms with E-state index >= 15 is 0 Å². The molecule has 134 valence electrons. The second-order valence-corrected chi connectivity index (χ2v) is 6.45. The van der Waals surface area contributed by atoms with Crippen molar-refractivity contribution in [1.29, 1.82) is 0 Å². The van der Waals surface area contributed by atoms with Crippen LogP contribution in [0.15, 0.2) is 70.2 Å². The summed E-state index contributed by atoms with van der Waals surface area (Å²) in [4.78, 5) is 13.8. The van der Waals surface area contributed by atoms with Crippen LogP contribution in [-0.4, -0.2) is 20.1 Å². The molecule has 0 spiro atoms. The van der Waals surface area contributed by atoms with E-state index in [9.17, 15) is 4.79 Å². The van der Waals surface area contributed by atoms with E-state index in [-0.39, 0.29) is 5.91 Å². The van der Waals surface area contributed by atoms with Crippen molar-refractivity contribution in [1.82, 2.24) is 0 Å².